The van der Waals surface area contributed by atoms with E-state index in [1.807, 2.05) is 36.4 Å². The van der Waals surface area contributed by atoms with E-state index >= 15 is 0 Å². The molecule has 1 N–H and O–H groups in total. The number of nitrogens with one attached hydrogen (secondary N) is 1. The van der Waals surface area contributed by atoms with Gasteiger partial charge in [-0.2, -0.15) is 0 Å². The first kappa shape index (κ1) is 16.6. The Morgan fingerprint density at radius 1 is 1.11 bits per heavy atom. The molecular weight excluding hydrogens is 353 g/mol. The lowest BCUT2D eigenvalue weighted by Crippen LogP contribution is -2.21. The summed E-state index contributed by atoms with van der Waals surface area (Å²) in [7, 11) is 1.47. The predicted octanol–water partition coefficient (Wildman–Crippen LogP) is 5.29. The minimum absolute atomic E-state index is 0.176. The molecule has 1 aromatic heterocycles. The highest BCUT2D eigenvalue weighted by Gasteiger charge is 2.35. The summed E-state index contributed by atoms with van der Waals surface area (Å²) in [4.78, 5) is 9.59. The van der Waals surface area contributed by atoms with Crippen LogP contribution in [-0.2, 0) is 0 Å². The van der Waals surface area contributed by atoms with Crippen LogP contribution in [-0.4, -0.2) is 17.1 Å². The first-order valence-electron chi connectivity index (χ1n) is 9.01. The third kappa shape index (κ3) is 2.40. The summed E-state index contributed by atoms with van der Waals surface area (Å²) in [6.45, 7) is 4.33. The van der Waals surface area contributed by atoms with Crippen LogP contribution in [0, 0.1) is 5.82 Å². The number of aromatic nitrogens is 2. The molecule has 1 aliphatic rings. The smallest absolute Gasteiger partial charge is 0.165 e. The quantitative estimate of drug-likeness (QED) is 0.532. The fraction of sp³-hybridized carbons (Fsp3) is 0.0870. The van der Waals surface area contributed by atoms with E-state index in [1.54, 1.807) is 18.5 Å². The van der Waals surface area contributed by atoms with Gasteiger partial charge in [-0.1, -0.05) is 36.9 Å². The van der Waals surface area contributed by atoms with Crippen molar-refractivity contribution >= 4 is 22.4 Å². The van der Waals surface area contributed by atoms with Crippen LogP contribution >= 0.6 is 0 Å². The van der Waals surface area contributed by atoms with Crippen molar-refractivity contribution in [1.82, 2.24) is 9.97 Å². The first-order valence-corrected chi connectivity index (χ1v) is 9.01. The molecule has 2 heterocycles. The van der Waals surface area contributed by atoms with E-state index in [-0.39, 0.29) is 17.6 Å². The van der Waals surface area contributed by atoms with E-state index in [4.69, 9.17) is 4.74 Å². The molecule has 0 amide bonds. The van der Waals surface area contributed by atoms with Crippen molar-refractivity contribution < 1.29 is 9.13 Å². The Hall–Kier alpha value is -3.60. The van der Waals surface area contributed by atoms with E-state index in [9.17, 15) is 4.39 Å². The van der Waals surface area contributed by atoms with Gasteiger partial charge in [0.15, 0.2) is 11.6 Å². The molecule has 1 aliphatic heterocycles. The van der Waals surface area contributed by atoms with Gasteiger partial charge in [-0.25, -0.2) is 9.37 Å². The Kier molecular flexibility index (Phi) is 3.69. The molecule has 0 saturated carbocycles. The van der Waals surface area contributed by atoms with E-state index < -0.39 is 0 Å². The van der Waals surface area contributed by atoms with Crippen LogP contribution in [0.4, 0.5) is 10.1 Å². The fourth-order valence-corrected chi connectivity index (χ4v) is 3.98. The van der Waals surface area contributed by atoms with Gasteiger partial charge in [-0.05, 0) is 41.5 Å². The van der Waals surface area contributed by atoms with E-state index in [1.165, 1.54) is 7.11 Å². The monoisotopic (exact) mass is 371 g/mol. The van der Waals surface area contributed by atoms with E-state index in [0.717, 1.165) is 39.1 Å². The number of methoxy groups -OCH3 is 1. The van der Waals surface area contributed by atoms with Crippen LogP contribution < -0.4 is 9.64 Å². The van der Waals surface area contributed by atoms with Gasteiger partial charge in [0.1, 0.15) is 0 Å². The predicted molar refractivity (Wildman–Crippen MR) is 109 cm³/mol. The molecule has 1 unspecified atom stereocenters. The molecular formula is C23H18FN3O. The second-order valence-electron chi connectivity index (χ2n) is 6.80. The molecule has 5 heteroatoms. The summed E-state index contributed by atoms with van der Waals surface area (Å²) in [5, 5.41) is 0. The van der Waals surface area contributed by atoms with Crippen molar-refractivity contribution in [1.29, 1.82) is 0 Å². The topological polar surface area (TPSA) is 41.1 Å². The van der Waals surface area contributed by atoms with Crippen molar-refractivity contribution in [2.45, 2.75) is 6.04 Å². The van der Waals surface area contributed by atoms with Gasteiger partial charge in [0.05, 0.1) is 30.5 Å². The molecule has 0 bridgehead atoms. The number of H-pyrrole nitrogens is 1. The number of anilines is 1. The summed E-state index contributed by atoms with van der Waals surface area (Å²) in [5.41, 5.74) is 6.71. The maximum absolute atomic E-state index is 14.5. The van der Waals surface area contributed by atoms with Crippen molar-refractivity contribution in [3.8, 4) is 5.75 Å². The van der Waals surface area contributed by atoms with E-state index in [0.29, 0.717) is 0 Å². The van der Waals surface area contributed by atoms with Crippen molar-refractivity contribution in [3.63, 3.8) is 0 Å². The Balaban J connectivity index is 1.70. The Morgan fingerprint density at radius 2 is 1.96 bits per heavy atom. The Bertz CT molecular complexity index is 1210. The average molecular weight is 371 g/mol. The zero-order valence-electron chi connectivity index (χ0n) is 15.3. The zero-order chi connectivity index (χ0) is 19.3. The van der Waals surface area contributed by atoms with Crippen LogP contribution in [0.5, 0.6) is 5.75 Å². The number of aromatic amines is 1. The van der Waals surface area contributed by atoms with Crippen molar-refractivity contribution in [2.24, 2.45) is 0 Å². The molecule has 0 saturated heterocycles. The SMILES string of the molecule is C=C1c2ccccc2C(c2ccc(OC)c(F)c2)N1c1ccc2nc[nH]c2c1. The number of hydrogen-bond donors (Lipinski definition) is 1. The average Bonchev–Trinajstić information content (AvgIpc) is 3.30. The highest BCUT2D eigenvalue weighted by molar-refractivity contribution is 5.90. The summed E-state index contributed by atoms with van der Waals surface area (Å²) >= 11 is 0. The van der Waals surface area contributed by atoms with Gasteiger partial charge in [0, 0.05) is 16.9 Å². The minimum atomic E-state index is -0.376. The molecule has 4 nitrogen and oxygen atoms in total. The van der Waals surface area contributed by atoms with Gasteiger partial charge in [-0.15, -0.1) is 0 Å². The van der Waals surface area contributed by atoms with Crippen molar-refractivity contribution in [3.05, 3.63) is 96.1 Å². The number of rotatable bonds is 3. The zero-order valence-corrected chi connectivity index (χ0v) is 15.3. The van der Waals surface area contributed by atoms with Gasteiger partial charge < -0.3 is 14.6 Å². The number of imidazole rings is 1. The molecule has 0 spiro atoms. The van der Waals surface area contributed by atoms with Crippen LogP contribution in [0.3, 0.4) is 0 Å². The van der Waals surface area contributed by atoms with Gasteiger partial charge in [0.2, 0.25) is 0 Å². The van der Waals surface area contributed by atoms with Crippen LogP contribution in [0.15, 0.2) is 73.6 Å². The molecule has 5 rings (SSSR count). The Morgan fingerprint density at radius 3 is 2.79 bits per heavy atom. The number of hydrogen-bond acceptors (Lipinski definition) is 3. The maximum Gasteiger partial charge on any atom is 0.165 e. The summed E-state index contributed by atoms with van der Waals surface area (Å²) in [5.74, 6) is -0.141. The molecule has 0 radical (unpaired) electrons. The third-order valence-electron chi connectivity index (χ3n) is 5.29. The maximum atomic E-state index is 14.5. The second-order valence-corrected chi connectivity index (χ2v) is 6.80. The summed E-state index contributed by atoms with van der Waals surface area (Å²) < 4.78 is 19.6. The largest absolute Gasteiger partial charge is 0.494 e. The minimum Gasteiger partial charge on any atom is -0.494 e. The molecule has 4 aromatic rings. The van der Waals surface area contributed by atoms with Crippen molar-refractivity contribution in [2.75, 3.05) is 12.0 Å². The molecule has 0 fully saturated rings. The lowest BCUT2D eigenvalue weighted by atomic mass is 9.97. The molecule has 138 valence electrons. The molecule has 3 aromatic carbocycles. The highest BCUT2D eigenvalue weighted by Crippen LogP contribution is 2.47. The van der Waals surface area contributed by atoms with E-state index in [2.05, 4.69) is 33.6 Å². The number of halogens is 1. The van der Waals surface area contributed by atoms with Gasteiger partial charge in [-0.3, -0.25) is 0 Å². The second kappa shape index (κ2) is 6.23. The standard InChI is InChI=1S/C23H18FN3O/c1-14-17-5-3-4-6-18(17)23(15-7-10-22(28-2)19(24)11-15)27(14)16-8-9-20-21(12-16)26-13-25-20/h3-13,23H,1H2,2H3,(H,25,26). The third-order valence-corrected chi connectivity index (χ3v) is 5.29. The number of benzene rings is 3. The fourth-order valence-electron chi connectivity index (χ4n) is 3.98. The van der Waals surface area contributed by atoms with Crippen LogP contribution in [0.1, 0.15) is 22.7 Å². The number of nitrogens with zero attached hydrogens (tertiary/aromatic N) is 2. The van der Waals surface area contributed by atoms with Crippen LogP contribution in [0.25, 0.3) is 16.7 Å². The number of fused-ring (bicyclic) bond motifs is 2. The molecule has 1 atom stereocenters. The van der Waals surface area contributed by atoms with Gasteiger partial charge >= 0.3 is 0 Å². The summed E-state index contributed by atoms with van der Waals surface area (Å²) in [6, 6.07) is 19.1. The lowest BCUT2D eigenvalue weighted by Gasteiger charge is -2.29. The normalized spacial score (nSPS) is 15.9. The number of ether oxygens (including phenoxy) is 1. The summed E-state index contributed by atoms with van der Waals surface area (Å²) in [6.07, 6.45) is 1.68. The Labute approximate surface area is 161 Å². The first-order chi connectivity index (χ1) is 13.7. The molecule has 28 heavy (non-hydrogen) atoms. The van der Waals surface area contributed by atoms with Gasteiger partial charge in [0.25, 0.3) is 0 Å². The highest BCUT2D eigenvalue weighted by atomic mass is 19.1. The lowest BCUT2D eigenvalue weighted by molar-refractivity contribution is 0.386. The molecule has 0 aliphatic carbocycles. The van der Waals surface area contributed by atoms with Crippen LogP contribution in [0.2, 0.25) is 0 Å².